The van der Waals surface area contributed by atoms with E-state index in [0.717, 1.165) is 70.8 Å². The van der Waals surface area contributed by atoms with Gasteiger partial charge in [0.1, 0.15) is 6.33 Å². The van der Waals surface area contributed by atoms with Gasteiger partial charge in [0.15, 0.2) is 0 Å². The van der Waals surface area contributed by atoms with Crippen molar-refractivity contribution >= 4 is 15.9 Å². The highest BCUT2D eigenvalue weighted by Gasteiger charge is 2.16. The Balaban J connectivity index is 1.88. The summed E-state index contributed by atoms with van der Waals surface area (Å²) in [7, 11) is -3.32. The average molecular weight is 428 g/mol. The predicted octanol–water partition coefficient (Wildman–Crippen LogP) is 3.74. The minimum atomic E-state index is -3.32. The van der Waals surface area contributed by atoms with Crippen LogP contribution in [0.4, 0.5) is 4.79 Å². The zero-order valence-corrected chi connectivity index (χ0v) is 18.5. The number of H-pyrrole nitrogens is 1. The monoisotopic (exact) mass is 427 g/mol. The van der Waals surface area contributed by atoms with Crippen LogP contribution >= 0.6 is 0 Å². The molecule has 166 valence electrons. The molecular formula is C20H37N5O3S. The second-order valence-corrected chi connectivity index (χ2v) is 9.19. The lowest BCUT2D eigenvalue weighted by atomic mass is 10.1. The van der Waals surface area contributed by atoms with Crippen molar-refractivity contribution < 1.29 is 13.2 Å². The van der Waals surface area contributed by atoms with Gasteiger partial charge in [0, 0.05) is 13.1 Å². The maximum Gasteiger partial charge on any atom is 0.314 e. The standard InChI is InChI=1S/C20H37N5O3S/c1-2-3-12-15-21-19(26)22-16-13-10-8-6-4-5-7-9-11-14-17-29(27,28)20-23-18-24-25-20/h4,6,18H,2-3,5,7-17H2,1H3,(H2,21,22,26)(H,23,24,25). The number of nitrogens with one attached hydrogen (secondary N) is 3. The molecule has 3 N–H and O–H groups in total. The number of carbonyl (C=O) groups excluding carboxylic acids is 1. The lowest BCUT2D eigenvalue weighted by molar-refractivity contribution is 0.240. The van der Waals surface area contributed by atoms with E-state index in [4.69, 9.17) is 0 Å². The summed E-state index contributed by atoms with van der Waals surface area (Å²) in [6, 6.07) is -0.0646. The van der Waals surface area contributed by atoms with Crippen LogP contribution in [0.3, 0.4) is 0 Å². The van der Waals surface area contributed by atoms with Gasteiger partial charge in [-0.3, -0.25) is 5.10 Å². The second kappa shape index (κ2) is 16.0. The molecule has 1 aromatic rings. The minimum Gasteiger partial charge on any atom is -0.338 e. The summed E-state index contributed by atoms with van der Waals surface area (Å²) in [5.41, 5.74) is 0. The molecule has 0 bridgehead atoms. The molecule has 0 spiro atoms. The number of amides is 2. The third-order valence-electron chi connectivity index (χ3n) is 4.54. The number of carbonyl (C=O) groups is 1. The Hall–Kier alpha value is -1.90. The Morgan fingerprint density at radius 2 is 1.59 bits per heavy atom. The molecule has 1 aromatic heterocycles. The first-order chi connectivity index (χ1) is 14.1. The minimum absolute atomic E-state index is 0.0387. The van der Waals surface area contributed by atoms with Crippen molar-refractivity contribution in [2.75, 3.05) is 18.8 Å². The van der Waals surface area contributed by atoms with Gasteiger partial charge in [0.25, 0.3) is 0 Å². The van der Waals surface area contributed by atoms with Crippen LogP contribution in [-0.4, -0.2) is 48.5 Å². The largest absolute Gasteiger partial charge is 0.338 e. The molecule has 0 aliphatic carbocycles. The first kappa shape index (κ1) is 25.1. The van der Waals surface area contributed by atoms with E-state index in [1.807, 2.05) is 0 Å². The zero-order chi connectivity index (χ0) is 21.2. The highest BCUT2D eigenvalue weighted by molar-refractivity contribution is 7.91. The fourth-order valence-electron chi connectivity index (χ4n) is 2.81. The first-order valence-corrected chi connectivity index (χ1v) is 12.5. The number of nitrogens with zero attached hydrogens (tertiary/aromatic N) is 2. The molecule has 1 rings (SSSR count). The molecule has 0 atom stereocenters. The molecule has 8 nitrogen and oxygen atoms in total. The smallest absolute Gasteiger partial charge is 0.314 e. The first-order valence-electron chi connectivity index (χ1n) is 10.8. The molecular weight excluding hydrogens is 390 g/mol. The van der Waals surface area contributed by atoms with Crippen molar-refractivity contribution in [3.63, 3.8) is 0 Å². The highest BCUT2D eigenvalue weighted by Crippen LogP contribution is 2.09. The summed E-state index contributed by atoms with van der Waals surface area (Å²) in [4.78, 5) is 15.2. The maximum absolute atomic E-state index is 11.9. The van der Waals surface area contributed by atoms with Crippen molar-refractivity contribution in [3.05, 3.63) is 18.5 Å². The molecule has 0 aliphatic heterocycles. The molecule has 0 aliphatic rings. The Kier molecular flexibility index (Phi) is 13.8. The SMILES string of the molecule is CCCCCNC(=O)NCCCCC=CCCCCCCS(=O)(=O)c1ncn[nH]1. The van der Waals surface area contributed by atoms with Crippen molar-refractivity contribution in [2.45, 2.75) is 82.7 Å². The zero-order valence-electron chi connectivity index (χ0n) is 17.7. The van der Waals surface area contributed by atoms with E-state index in [0.29, 0.717) is 13.0 Å². The molecule has 0 fully saturated rings. The van der Waals surface area contributed by atoms with Crippen LogP contribution in [-0.2, 0) is 9.84 Å². The fourth-order valence-corrected chi connectivity index (χ4v) is 3.99. The summed E-state index contributed by atoms with van der Waals surface area (Å²) in [6.45, 7) is 3.61. The second-order valence-electron chi connectivity index (χ2n) is 7.17. The molecule has 2 amide bonds. The van der Waals surface area contributed by atoms with E-state index in [9.17, 15) is 13.2 Å². The molecule has 29 heavy (non-hydrogen) atoms. The Morgan fingerprint density at radius 1 is 0.966 bits per heavy atom. The Morgan fingerprint density at radius 3 is 2.21 bits per heavy atom. The van der Waals surface area contributed by atoms with Gasteiger partial charge >= 0.3 is 6.03 Å². The summed E-state index contributed by atoms with van der Waals surface area (Å²) in [6.07, 6.45) is 16.7. The Bertz CT molecular complexity index is 660. The molecule has 0 radical (unpaired) electrons. The molecule has 0 saturated carbocycles. The molecule has 1 heterocycles. The van der Waals surface area contributed by atoms with Crippen LogP contribution in [0.5, 0.6) is 0 Å². The van der Waals surface area contributed by atoms with Crippen LogP contribution < -0.4 is 10.6 Å². The van der Waals surface area contributed by atoms with Gasteiger partial charge in [-0.25, -0.2) is 18.2 Å². The highest BCUT2D eigenvalue weighted by atomic mass is 32.2. The van der Waals surface area contributed by atoms with E-state index >= 15 is 0 Å². The quantitative estimate of drug-likeness (QED) is 0.259. The maximum atomic E-state index is 11.9. The molecule has 0 unspecified atom stereocenters. The number of rotatable bonds is 17. The number of allylic oxidation sites excluding steroid dienone is 2. The van der Waals surface area contributed by atoms with Gasteiger partial charge in [-0.2, -0.15) is 5.10 Å². The number of hydrogen-bond acceptors (Lipinski definition) is 5. The van der Waals surface area contributed by atoms with Gasteiger partial charge in [-0.1, -0.05) is 44.8 Å². The van der Waals surface area contributed by atoms with Gasteiger partial charge in [0.05, 0.1) is 5.75 Å². The fraction of sp³-hybridized carbons (Fsp3) is 0.750. The van der Waals surface area contributed by atoms with Gasteiger partial charge < -0.3 is 10.6 Å². The van der Waals surface area contributed by atoms with E-state index in [1.165, 1.54) is 6.33 Å². The van der Waals surface area contributed by atoms with Crippen LogP contribution in [0.25, 0.3) is 0 Å². The number of hydrogen-bond donors (Lipinski definition) is 3. The predicted molar refractivity (Wildman–Crippen MR) is 115 cm³/mol. The summed E-state index contributed by atoms with van der Waals surface area (Å²) >= 11 is 0. The normalized spacial score (nSPS) is 11.8. The van der Waals surface area contributed by atoms with Crippen LogP contribution in [0.15, 0.2) is 23.6 Å². The lowest BCUT2D eigenvalue weighted by Gasteiger charge is -2.06. The lowest BCUT2D eigenvalue weighted by Crippen LogP contribution is -2.36. The third kappa shape index (κ3) is 13.0. The number of unbranched alkanes of at least 4 members (excludes halogenated alkanes) is 8. The van der Waals surface area contributed by atoms with Crippen LogP contribution in [0.1, 0.15) is 77.6 Å². The van der Waals surface area contributed by atoms with Crippen molar-refractivity contribution in [1.29, 1.82) is 0 Å². The number of aromatic amines is 1. The average Bonchev–Trinajstić information content (AvgIpc) is 3.25. The van der Waals surface area contributed by atoms with Gasteiger partial charge in [-0.05, 0) is 44.9 Å². The summed E-state index contributed by atoms with van der Waals surface area (Å²) in [5, 5.41) is 11.7. The summed E-state index contributed by atoms with van der Waals surface area (Å²) in [5.74, 6) is 0.114. The van der Waals surface area contributed by atoms with Gasteiger partial charge in [-0.15, -0.1) is 0 Å². The van der Waals surface area contributed by atoms with Crippen molar-refractivity contribution in [3.8, 4) is 0 Å². The summed E-state index contributed by atoms with van der Waals surface area (Å²) < 4.78 is 23.8. The molecule has 9 heteroatoms. The molecule has 0 saturated heterocycles. The molecule has 0 aromatic carbocycles. The van der Waals surface area contributed by atoms with E-state index in [1.54, 1.807) is 0 Å². The Labute approximate surface area is 175 Å². The topological polar surface area (TPSA) is 117 Å². The van der Waals surface area contributed by atoms with E-state index in [2.05, 4.69) is 44.9 Å². The third-order valence-corrected chi connectivity index (χ3v) is 6.15. The van der Waals surface area contributed by atoms with Crippen LogP contribution in [0, 0.1) is 0 Å². The van der Waals surface area contributed by atoms with Crippen LogP contribution in [0.2, 0.25) is 0 Å². The number of aromatic nitrogens is 3. The van der Waals surface area contributed by atoms with Crippen molar-refractivity contribution in [2.24, 2.45) is 0 Å². The van der Waals surface area contributed by atoms with E-state index < -0.39 is 9.84 Å². The van der Waals surface area contributed by atoms with Crippen molar-refractivity contribution in [1.82, 2.24) is 25.8 Å². The number of urea groups is 1. The number of sulfone groups is 1. The van der Waals surface area contributed by atoms with Gasteiger partial charge in [0.2, 0.25) is 15.0 Å². The van der Waals surface area contributed by atoms with E-state index in [-0.39, 0.29) is 16.9 Å².